The van der Waals surface area contributed by atoms with Gasteiger partial charge in [-0.05, 0) is 13.0 Å². The second kappa shape index (κ2) is 5.07. The maximum absolute atomic E-state index is 4.29. The van der Waals surface area contributed by atoms with Crippen LogP contribution in [0.25, 0.3) is 5.57 Å². The van der Waals surface area contributed by atoms with Crippen molar-refractivity contribution >= 4 is 11.8 Å². The molecule has 0 unspecified atom stereocenters. The van der Waals surface area contributed by atoms with Gasteiger partial charge >= 0.3 is 0 Å². The first-order valence-electron chi connectivity index (χ1n) is 4.33. The molecule has 0 aliphatic carbocycles. The number of aryl methyl sites for hydroxylation is 1. The molecule has 0 aliphatic heterocycles. The molecule has 0 saturated carbocycles. The van der Waals surface area contributed by atoms with Crippen molar-refractivity contribution in [2.45, 2.75) is 6.92 Å². The maximum atomic E-state index is 4.29. The number of aromatic nitrogens is 2. The van der Waals surface area contributed by atoms with Crippen LogP contribution in [-0.4, -0.2) is 23.2 Å². The molecule has 0 N–H and O–H groups in total. The average molecular weight is 187 g/mol. The molecule has 1 rings (SSSR count). The molecule has 3 heteroatoms. The summed E-state index contributed by atoms with van der Waals surface area (Å²) in [6.45, 7) is 5.51. The Balaban J connectivity index is 3.11. The minimum Gasteiger partial charge on any atom is -0.296 e. The molecular weight excluding hydrogens is 174 g/mol. The van der Waals surface area contributed by atoms with E-state index in [4.69, 9.17) is 0 Å². The Labute approximate surface area is 83.9 Å². The van der Waals surface area contributed by atoms with Crippen molar-refractivity contribution in [3.8, 4) is 0 Å². The van der Waals surface area contributed by atoms with E-state index in [9.17, 15) is 0 Å². The minimum absolute atomic E-state index is 0.752. The first-order valence-corrected chi connectivity index (χ1v) is 4.33. The third-order valence-electron chi connectivity index (χ3n) is 1.64. The van der Waals surface area contributed by atoms with Gasteiger partial charge in [-0.25, -0.2) is 9.97 Å². The van der Waals surface area contributed by atoms with Crippen molar-refractivity contribution in [3.63, 3.8) is 0 Å². The van der Waals surface area contributed by atoms with Crippen molar-refractivity contribution < 1.29 is 0 Å². The number of nitrogens with zero attached hydrogens (tertiary/aromatic N) is 3. The molecule has 72 valence electrons. The molecule has 1 aromatic rings. The Kier molecular flexibility index (Phi) is 3.73. The summed E-state index contributed by atoms with van der Waals surface area (Å²) in [5.74, 6) is 0.752. The van der Waals surface area contributed by atoms with E-state index in [1.165, 1.54) is 0 Å². The van der Waals surface area contributed by atoms with Crippen LogP contribution in [0.3, 0.4) is 0 Å². The van der Waals surface area contributed by atoms with E-state index < -0.39 is 0 Å². The summed E-state index contributed by atoms with van der Waals surface area (Å²) < 4.78 is 0. The highest BCUT2D eigenvalue weighted by atomic mass is 14.9. The summed E-state index contributed by atoms with van der Waals surface area (Å²) in [6, 6.07) is 1.85. The predicted octanol–water partition coefficient (Wildman–Crippen LogP) is 2.06. The predicted molar refractivity (Wildman–Crippen MR) is 59.4 cm³/mol. The van der Waals surface area contributed by atoms with Gasteiger partial charge < -0.3 is 0 Å². The molecule has 0 fully saturated rings. The summed E-state index contributed by atoms with van der Waals surface area (Å²) in [5, 5.41) is 0. The molecule has 1 heterocycles. The molecule has 0 bridgehead atoms. The molecular formula is C11H13N3. The largest absolute Gasteiger partial charge is 0.296 e. The molecule has 3 nitrogen and oxygen atoms in total. The van der Waals surface area contributed by atoms with Gasteiger partial charge in [-0.2, -0.15) is 0 Å². The Hall–Kier alpha value is -1.77. The molecule has 0 amide bonds. The van der Waals surface area contributed by atoms with Crippen molar-refractivity contribution in [3.05, 3.63) is 42.5 Å². The average Bonchev–Trinajstić information content (AvgIpc) is 2.17. The van der Waals surface area contributed by atoms with Crippen molar-refractivity contribution in [1.82, 2.24) is 9.97 Å². The summed E-state index contributed by atoms with van der Waals surface area (Å²) in [7, 11) is 1.73. The third kappa shape index (κ3) is 2.62. The van der Waals surface area contributed by atoms with Crippen LogP contribution in [0.4, 0.5) is 0 Å². The van der Waals surface area contributed by atoms with Crippen LogP contribution in [-0.2, 0) is 0 Å². The highest BCUT2D eigenvalue weighted by Crippen LogP contribution is 2.08. The van der Waals surface area contributed by atoms with Crippen molar-refractivity contribution in [1.29, 1.82) is 0 Å². The smallest absolute Gasteiger partial charge is 0.125 e. The van der Waals surface area contributed by atoms with Gasteiger partial charge in [0.15, 0.2) is 0 Å². The second-order valence-corrected chi connectivity index (χ2v) is 2.73. The van der Waals surface area contributed by atoms with E-state index in [-0.39, 0.29) is 0 Å². The van der Waals surface area contributed by atoms with E-state index in [0.717, 1.165) is 17.1 Å². The summed E-state index contributed by atoms with van der Waals surface area (Å²) >= 11 is 0. The fraction of sp³-hybridized carbons (Fsp3) is 0.182. The van der Waals surface area contributed by atoms with Gasteiger partial charge in [0.1, 0.15) is 5.82 Å². The zero-order chi connectivity index (χ0) is 10.4. The molecule has 0 saturated heterocycles. The molecule has 14 heavy (non-hydrogen) atoms. The van der Waals surface area contributed by atoms with Crippen LogP contribution in [0.1, 0.15) is 11.5 Å². The summed E-state index contributed by atoms with van der Waals surface area (Å²) in [4.78, 5) is 12.3. The van der Waals surface area contributed by atoms with Crippen LogP contribution in [0.15, 0.2) is 36.0 Å². The number of aliphatic imine (C=N–C) groups is 1. The quantitative estimate of drug-likeness (QED) is 0.536. The van der Waals surface area contributed by atoms with Crippen molar-refractivity contribution in [2.24, 2.45) is 4.99 Å². The van der Waals surface area contributed by atoms with Crippen LogP contribution in [0.5, 0.6) is 0 Å². The highest BCUT2D eigenvalue weighted by molar-refractivity contribution is 6.09. The summed E-state index contributed by atoms with van der Waals surface area (Å²) in [5.41, 5.74) is 1.80. The number of allylic oxidation sites excluding steroid dienone is 3. The van der Waals surface area contributed by atoms with Crippen LogP contribution >= 0.6 is 0 Å². The second-order valence-electron chi connectivity index (χ2n) is 2.73. The Morgan fingerprint density at radius 1 is 1.57 bits per heavy atom. The highest BCUT2D eigenvalue weighted by Gasteiger charge is 1.99. The standard InChI is InChI=1S/C11H13N3/c1-4-5-10(8-12-3)11-6-7-13-9(2)14-11/h4-8H,1H2,2-3H3/b10-5+,12-8?. The van der Waals surface area contributed by atoms with Gasteiger partial charge in [0.2, 0.25) is 0 Å². The fourth-order valence-electron chi connectivity index (χ4n) is 1.08. The molecule has 0 atom stereocenters. The van der Waals surface area contributed by atoms with E-state index in [1.54, 1.807) is 25.5 Å². The van der Waals surface area contributed by atoms with Crippen LogP contribution in [0, 0.1) is 6.92 Å². The van der Waals surface area contributed by atoms with Crippen LogP contribution < -0.4 is 0 Å². The van der Waals surface area contributed by atoms with E-state index >= 15 is 0 Å². The maximum Gasteiger partial charge on any atom is 0.125 e. The molecule has 0 aromatic carbocycles. The number of hydrogen-bond donors (Lipinski definition) is 0. The first-order chi connectivity index (χ1) is 6.77. The number of rotatable bonds is 3. The van der Waals surface area contributed by atoms with Crippen LogP contribution in [0.2, 0.25) is 0 Å². The van der Waals surface area contributed by atoms with E-state index in [0.29, 0.717) is 0 Å². The zero-order valence-corrected chi connectivity index (χ0v) is 8.44. The van der Waals surface area contributed by atoms with Gasteiger partial charge in [0.05, 0.1) is 5.69 Å². The lowest BCUT2D eigenvalue weighted by Gasteiger charge is -2.00. The fourth-order valence-corrected chi connectivity index (χ4v) is 1.08. The molecule has 0 radical (unpaired) electrons. The lowest BCUT2D eigenvalue weighted by molar-refractivity contribution is 1.04. The first kappa shape index (κ1) is 10.3. The Morgan fingerprint density at radius 3 is 2.93 bits per heavy atom. The van der Waals surface area contributed by atoms with Gasteiger partial charge in [-0.3, -0.25) is 4.99 Å². The lowest BCUT2D eigenvalue weighted by atomic mass is 10.2. The molecule has 1 aromatic heterocycles. The van der Waals surface area contributed by atoms with Gasteiger partial charge in [0, 0.05) is 25.0 Å². The monoisotopic (exact) mass is 187 g/mol. The minimum atomic E-state index is 0.752. The summed E-state index contributed by atoms with van der Waals surface area (Å²) in [6.07, 6.45) is 7.07. The van der Waals surface area contributed by atoms with Crippen molar-refractivity contribution in [2.75, 3.05) is 7.05 Å². The molecule has 0 spiro atoms. The normalized spacial score (nSPS) is 12.0. The van der Waals surface area contributed by atoms with E-state index in [1.807, 2.05) is 19.1 Å². The lowest BCUT2D eigenvalue weighted by Crippen LogP contribution is -1.94. The molecule has 0 aliphatic rings. The van der Waals surface area contributed by atoms with Gasteiger partial charge in [-0.15, -0.1) is 0 Å². The van der Waals surface area contributed by atoms with Gasteiger partial charge in [0.25, 0.3) is 0 Å². The Morgan fingerprint density at radius 2 is 2.36 bits per heavy atom. The third-order valence-corrected chi connectivity index (χ3v) is 1.64. The van der Waals surface area contributed by atoms with E-state index in [2.05, 4.69) is 21.5 Å². The zero-order valence-electron chi connectivity index (χ0n) is 8.44. The Bertz CT molecular complexity index is 378. The topological polar surface area (TPSA) is 38.1 Å². The van der Waals surface area contributed by atoms with Gasteiger partial charge in [-0.1, -0.05) is 18.7 Å². The number of hydrogen-bond acceptors (Lipinski definition) is 3. The SMILES string of the molecule is C=C/C=C(\C=NC)c1ccnc(C)n1.